The van der Waals surface area contributed by atoms with E-state index < -0.39 is 33.4 Å². The second-order valence-electron chi connectivity index (χ2n) is 9.13. The molecule has 6 atom stereocenters. The van der Waals surface area contributed by atoms with Gasteiger partial charge in [-0.3, -0.25) is 14.4 Å². The number of likely N-dealkylation sites (tertiary alicyclic amines) is 1. The molecule has 2 bridgehead atoms. The summed E-state index contributed by atoms with van der Waals surface area (Å²) in [4.78, 5) is 43.8. The van der Waals surface area contributed by atoms with E-state index in [-0.39, 0.29) is 37.0 Å². The Morgan fingerprint density at radius 1 is 1.40 bits per heavy atom. The first-order chi connectivity index (χ1) is 14.1. The smallest absolute Gasteiger partial charge is 0.311 e. The van der Waals surface area contributed by atoms with Gasteiger partial charge >= 0.3 is 5.97 Å². The van der Waals surface area contributed by atoms with Crippen molar-refractivity contribution in [2.45, 2.75) is 75.1 Å². The minimum Gasteiger partial charge on any atom is -0.466 e. The third kappa shape index (κ3) is 3.18. The molecule has 168 valence electrons. The Kier molecular flexibility index (Phi) is 6.31. The van der Waals surface area contributed by atoms with Crippen molar-refractivity contribution in [2.24, 2.45) is 11.8 Å². The maximum Gasteiger partial charge on any atom is 0.311 e. The molecule has 1 N–H and O–H groups in total. The van der Waals surface area contributed by atoms with Crippen LogP contribution in [0.1, 0.15) is 47.5 Å². The van der Waals surface area contributed by atoms with Gasteiger partial charge in [-0.1, -0.05) is 6.08 Å². The van der Waals surface area contributed by atoms with Crippen LogP contribution in [0.25, 0.3) is 0 Å². The monoisotopic (exact) mass is 438 g/mol. The van der Waals surface area contributed by atoms with E-state index in [0.717, 1.165) is 6.42 Å². The molecule has 0 radical (unpaired) electrons. The fraction of sp³-hybridized carbons (Fsp3) is 0.773. The van der Waals surface area contributed by atoms with E-state index in [4.69, 9.17) is 4.74 Å². The molecule has 3 aliphatic heterocycles. The van der Waals surface area contributed by atoms with Crippen LogP contribution in [-0.2, 0) is 19.1 Å². The Hall–Kier alpha value is -1.54. The predicted octanol–water partition coefficient (Wildman–Crippen LogP) is 1.83. The third-order valence-corrected chi connectivity index (χ3v) is 8.95. The Balaban J connectivity index is 2.11. The molecule has 8 heteroatoms. The van der Waals surface area contributed by atoms with Gasteiger partial charge in [0.2, 0.25) is 11.8 Å². The largest absolute Gasteiger partial charge is 0.466 e. The van der Waals surface area contributed by atoms with Gasteiger partial charge in [-0.15, -0.1) is 18.3 Å². The lowest BCUT2D eigenvalue weighted by Gasteiger charge is -2.40. The lowest BCUT2D eigenvalue weighted by Crippen LogP contribution is -2.58. The van der Waals surface area contributed by atoms with Gasteiger partial charge in [0.25, 0.3) is 0 Å². The molecule has 3 saturated heterocycles. The molecular formula is C22H34N2O5S. The molecule has 2 amide bonds. The average Bonchev–Trinajstić information content (AvgIpc) is 3.25. The van der Waals surface area contributed by atoms with Crippen molar-refractivity contribution in [3.8, 4) is 0 Å². The van der Waals surface area contributed by atoms with Crippen LogP contribution >= 0.6 is 11.8 Å². The van der Waals surface area contributed by atoms with Crippen molar-refractivity contribution in [2.75, 3.05) is 19.8 Å². The number of ether oxygens (including phenoxy) is 1. The first-order valence-electron chi connectivity index (χ1n) is 10.8. The van der Waals surface area contributed by atoms with Gasteiger partial charge in [0, 0.05) is 17.3 Å². The van der Waals surface area contributed by atoms with Crippen molar-refractivity contribution in [3.63, 3.8) is 0 Å². The van der Waals surface area contributed by atoms with Gasteiger partial charge in [-0.2, -0.15) is 0 Å². The molecule has 3 aliphatic rings. The Morgan fingerprint density at radius 3 is 2.60 bits per heavy atom. The van der Waals surface area contributed by atoms with E-state index >= 15 is 0 Å². The molecule has 0 aliphatic carbocycles. The second-order valence-corrected chi connectivity index (χ2v) is 11.0. The Morgan fingerprint density at radius 2 is 2.07 bits per heavy atom. The Bertz CT molecular complexity index is 743. The highest BCUT2D eigenvalue weighted by atomic mass is 32.2. The molecule has 3 rings (SSSR count). The summed E-state index contributed by atoms with van der Waals surface area (Å²) >= 11 is 1.61. The van der Waals surface area contributed by atoms with E-state index in [1.54, 1.807) is 41.5 Å². The highest BCUT2D eigenvalue weighted by Crippen LogP contribution is 2.71. The van der Waals surface area contributed by atoms with E-state index in [9.17, 15) is 19.5 Å². The van der Waals surface area contributed by atoms with E-state index in [0.29, 0.717) is 13.0 Å². The lowest BCUT2D eigenvalue weighted by atomic mass is 9.66. The van der Waals surface area contributed by atoms with Gasteiger partial charge in [-0.25, -0.2) is 0 Å². The van der Waals surface area contributed by atoms with Crippen LogP contribution in [0.2, 0.25) is 0 Å². The first-order valence-corrected chi connectivity index (χ1v) is 11.6. The van der Waals surface area contributed by atoms with E-state index in [2.05, 4.69) is 6.58 Å². The second kappa shape index (κ2) is 8.19. The number of rotatable bonds is 8. The van der Waals surface area contributed by atoms with Gasteiger partial charge in [0.1, 0.15) is 6.04 Å². The fourth-order valence-electron chi connectivity index (χ4n) is 5.65. The molecule has 0 aromatic heterocycles. The van der Waals surface area contributed by atoms with Crippen LogP contribution in [0.15, 0.2) is 12.7 Å². The molecule has 3 heterocycles. The molecule has 0 aromatic rings. The zero-order valence-corrected chi connectivity index (χ0v) is 19.4. The van der Waals surface area contributed by atoms with E-state index in [1.807, 2.05) is 20.8 Å². The molecule has 1 spiro atoms. The SMILES string of the molecule is C=CCN(C(=O)C1N([C@H](C)CO)C(=O)[C@@H]2[C@H](C(=O)OCC)[C@]3(C)CCC12S3)C(C)C. The number of hydrogen-bond acceptors (Lipinski definition) is 6. The number of thioether (sulfide) groups is 1. The number of hydrogen-bond donors (Lipinski definition) is 1. The topological polar surface area (TPSA) is 87.2 Å². The number of carbonyl (C=O) groups excluding carboxylic acids is 3. The van der Waals surface area contributed by atoms with Gasteiger partial charge in [0.15, 0.2) is 0 Å². The predicted molar refractivity (Wildman–Crippen MR) is 116 cm³/mol. The van der Waals surface area contributed by atoms with Crippen molar-refractivity contribution >= 4 is 29.5 Å². The molecule has 7 nitrogen and oxygen atoms in total. The van der Waals surface area contributed by atoms with Crippen LogP contribution < -0.4 is 0 Å². The zero-order chi connectivity index (χ0) is 22.4. The number of aliphatic hydroxyl groups is 1. The molecule has 0 saturated carbocycles. The standard InChI is InChI=1S/C22H34N2O5S/c1-7-11-23(13(3)4)19(27)17-22-10-9-21(6,30-22)16(20(28)29-8-2)15(22)18(26)24(17)14(5)12-25/h7,13-17,25H,1,8-12H2,2-6H3/t14-,15+,16-,17?,21+,22?/m1/s1. The average molecular weight is 439 g/mol. The fourth-order valence-corrected chi connectivity index (χ4v) is 7.97. The number of amides is 2. The number of fused-ring (bicyclic) bond motifs is 1. The summed E-state index contributed by atoms with van der Waals surface area (Å²) < 4.78 is 4.25. The summed E-state index contributed by atoms with van der Waals surface area (Å²) in [6, 6.07) is -1.29. The number of nitrogens with zero attached hydrogens (tertiary/aromatic N) is 2. The lowest BCUT2D eigenvalue weighted by molar-refractivity contribution is -0.155. The summed E-state index contributed by atoms with van der Waals surface area (Å²) in [5.41, 5.74) is 0. The maximum atomic E-state index is 13.9. The molecule has 30 heavy (non-hydrogen) atoms. The Labute approximate surface area is 183 Å². The minimum absolute atomic E-state index is 0.0626. The third-order valence-electron chi connectivity index (χ3n) is 6.96. The summed E-state index contributed by atoms with van der Waals surface area (Å²) in [6.07, 6.45) is 3.12. The van der Waals surface area contributed by atoms with Crippen molar-refractivity contribution < 1.29 is 24.2 Å². The van der Waals surface area contributed by atoms with Crippen LogP contribution in [-0.4, -0.2) is 80.1 Å². The summed E-state index contributed by atoms with van der Waals surface area (Å²) in [7, 11) is 0. The van der Waals surface area contributed by atoms with Crippen LogP contribution in [0.5, 0.6) is 0 Å². The maximum absolute atomic E-state index is 13.9. The van der Waals surface area contributed by atoms with Gasteiger partial charge in [-0.05, 0) is 47.5 Å². The zero-order valence-electron chi connectivity index (χ0n) is 18.6. The van der Waals surface area contributed by atoms with E-state index in [1.165, 1.54) is 0 Å². The van der Waals surface area contributed by atoms with Crippen molar-refractivity contribution in [3.05, 3.63) is 12.7 Å². The van der Waals surface area contributed by atoms with Crippen LogP contribution in [0, 0.1) is 11.8 Å². The van der Waals surface area contributed by atoms with Gasteiger partial charge in [0.05, 0.1) is 35.8 Å². The quantitative estimate of drug-likeness (QED) is 0.460. The number of aliphatic hydroxyl groups excluding tert-OH is 1. The highest BCUT2D eigenvalue weighted by Gasteiger charge is 2.78. The molecular weight excluding hydrogens is 404 g/mol. The highest BCUT2D eigenvalue weighted by molar-refractivity contribution is 8.02. The summed E-state index contributed by atoms with van der Waals surface area (Å²) in [5.74, 6) is -1.90. The summed E-state index contributed by atoms with van der Waals surface area (Å²) in [5, 5.41) is 9.87. The molecule has 0 aromatic carbocycles. The number of carbonyl (C=O) groups is 3. The minimum atomic E-state index is -0.717. The van der Waals surface area contributed by atoms with Crippen molar-refractivity contribution in [1.82, 2.24) is 9.80 Å². The first kappa shape index (κ1) is 23.1. The normalized spacial score (nSPS) is 35.5. The van der Waals surface area contributed by atoms with Crippen LogP contribution in [0.4, 0.5) is 0 Å². The summed E-state index contributed by atoms with van der Waals surface area (Å²) in [6.45, 7) is 13.6. The van der Waals surface area contributed by atoms with Crippen LogP contribution in [0.3, 0.4) is 0 Å². The number of esters is 1. The molecule has 3 fully saturated rings. The van der Waals surface area contributed by atoms with Crippen molar-refractivity contribution in [1.29, 1.82) is 0 Å². The molecule has 2 unspecified atom stereocenters. The van der Waals surface area contributed by atoms with Gasteiger partial charge < -0.3 is 19.6 Å².